The number of aromatic hydroxyl groups is 1. The van der Waals surface area contributed by atoms with Gasteiger partial charge in [0.15, 0.2) is 0 Å². The summed E-state index contributed by atoms with van der Waals surface area (Å²) < 4.78 is 5.70. The molecule has 0 aliphatic heterocycles. The van der Waals surface area contributed by atoms with Crippen molar-refractivity contribution < 1.29 is 9.84 Å². The number of nitrogens with one attached hydrogen (secondary N) is 1. The highest BCUT2D eigenvalue weighted by atomic mass is 16.5. The first-order valence-corrected chi connectivity index (χ1v) is 6.93. The summed E-state index contributed by atoms with van der Waals surface area (Å²) in [6, 6.07) is 8.99. The molecule has 2 N–H and O–H groups in total. The third kappa shape index (κ3) is 4.93. The van der Waals surface area contributed by atoms with Crippen molar-refractivity contribution in [3.8, 4) is 17.2 Å². The second-order valence-corrected chi connectivity index (χ2v) is 4.88. The van der Waals surface area contributed by atoms with Crippen LogP contribution in [0.5, 0.6) is 17.2 Å². The molecule has 1 atom stereocenters. The monoisotopic (exact) mass is 284 g/mol. The first-order valence-electron chi connectivity index (χ1n) is 6.93. The molecule has 110 valence electrons. The van der Waals surface area contributed by atoms with Crippen molar-refractivity contribution in [2.45, 2.75) is 19.4 Å². The lowest BCUT2D eigenvalue weighted by molar-refractivity contribution is 0.463. The van der Waals surface area contributed by atoms with Crippen molar-refractivity contribution >= 4 is 6.08 Å². The van der Waals surface area contributed by atoms with Gasteiger partial charge >= 0.3 is 0 Å². The van der Waals surface area contributed by atoms with E-state index >= 15 is 0 Å². The molecule has 1 aromatic carbocycles. The van der Waals surface area contributed by atoms with Crippen LogP contribution in [0.15, 0.2) is 48.8 Å². The van der Waals surface area contributed by atoms with Crippen LogP contribution in [0.25, 0.3) is 6.08 Å². The molecule has 2 aromatic rings. The molecule has 0 saturated heterocycles. The Bertz CT molecular complexity index is 594. The van der Waals surface area contributed by atoms with Crippen LogP contribution in [0.3, 0.4) is 0 Å². The summed E-state index contributed by atoms with van der Waals surface area (Å²) in [5.74, 6) is 1.56. The number of hydrogen-bond acceptors (Lipinski definition) is 4. The van der Waals surface area contributed by atoms with Gasteiger partial charge < -0.3 is 15.2 Å². The van der Waals surface area contributed by atoms with Crippen LogP contribution in [0.4, 0.5) is 0 Å². The van der Waals surface area contributed by atoms with Gasteiger partial charge in [-0.05, 0) is 56.3 Å². The van der Waals surface area contributed by atoms with Crippen molar-refractivity contribution in [2.24, 2.45) is 0 Å². The number of hydrogen-bond donors (Lipinski definition) is 2. The van der Waals surface area contributed by atoms with E-state index in [1.54, 1.807) is 36.7 Å². The number of nitrogens with zero attached hydrogens (tertiary/aromatic N) is 1. The van der Waals surface area contributed by atoms with Crippen molar-refractivity contribution in [2.75, 3.05) is 7.05 Å². The lowest BCUT2D eigenvalue weighted by Gasteiger charge is -2.06. The summed E-state index contributed by atoms with van der Waals surface area (Å²) in [6.07, 6.45) is 8.57. The van der Waals surface area contributed by atoms with E-state index in [0.29, 0.717) is 17.5 Å². The highest BCUT2D eigenvalue weighted by molar-refractivity contribution is 5.50. The van der Waals surface area contributed by atoms with Gasteiger partial charge in [-0.2, -0.15) is 0 Å². The summed E-state index contributed by atoms with van der Waals surface area (Å²) in [5, 5.41) is 12.4. The van der Waals surface area contributed by atoms with E-state index in [2.05, 4.69) is 23.3 Å². The second kappa shape index (κ2) is 7.45. The minimum atomic E-state index is 0.218. The fourth-order valence-corrected chi connectivity index (χ4v) is 1.76. The maximum Gasteiger partial charge on any atom is 0.146 e. The Kier molecular flexibility index (Phi) is 5.35. The summed E-state index contributed by atoms with van der Waals surface area (Å²) in [5.41, 5.74) is 0.995. The standard InChI is InChI=1S/C17H20N2O2/c1-13(18-2)4-3-5-14-10-17(12-19-11-14)21-16-8-6-15(20)7-9-16/h3,5-13,18,20H,4H2,1-2H3. The number of aromatic nitrogens is 1. The Balaban J connectivity index is 2.02. The summed E-state index contributed by atoms with van der Waals surface area (Å²) >= 11 is 0. The molecule has 1 aromatic heterocycles. The molecule has 0 fully saturated rings. The van der Waals surface area contributed by atoms with Crippen molar-refractivity contribution in [1.29, 1.82) is 0 Å². The van der Waals surface area contributed by atoms with Crippen LogP contribution in [0.1, 0.15) is 18.9 Å². The molecule has 1 unspecified atom stereocenters. The van der Waals surface area contributed by atoms with E-state index < -0.39 is 0 Å². The maximum absolute atomic E-state index is 9.25. The predicted molar refractivity (Wildman–Crippen MR) is 84.6 cm³/mol. The quantitative estimate of drug-likeness (QED) is 0.851. The zero-order valence-electron chi connectivity index (χ0n) is 12.3. The molecule has 0 spiro atoms. The zero-order valence-corrected chi connectivity index (χ0v) is 12.3. The number of phenols is 1. The van der Waals surface area contributed by atoms with Crippen molar-refractivity contribution in [3.05, 3.63) is 54.4 Å². The van der Waals surface area contributed by atoms with Crippen LogP contribution in [-0.4, -0.2) is 23.2 Å². The van der Waals surface area contributed by atoms with Gasteiger partial charge in [-0.15, -0.1) is 0 Å². The molecule has 0 aliphatic rings. The second-order valence-electron chi connectivity index (χ2n) is 4.88. The number of benzene rings is 1. The molecular formula is C17H20N2O2. The first kappa shape index (κ1) is 15.1. The van der Waals surface area contributed by atoms with Gasteiger partial charge in [0.25, 0.3) is 0 Å². The van der Waals surface area contributed by atoms with Crippen LogP contribution >= 0.6 is 0 Å². The Hall–Kier alpha value is -2.33. The largest absolute Gasteiger partial charge is 0.508 e. The minimum Gasteiger partial charge on any atom is -0.508 e. The smallest absolute Gasteiger partial charge is 0.146 e. The number of ether oxygens (including phenoxy) is 1. The highest BCUT2D eigenvalue weighted by Crippen LogP contribution is 2.23. The van der Waals surface area contributed by atoms with Crippen molar-refractivity contribution in [1.82, 2.24) is 10.3 Å². The Morgan fingerprint density at radius 2 is 2.00 bits per heavy atom. The third-order valence-corrected chi connectivity index (χ3v) is 3.10. The lowest BCUT2D eigenvalue weighted by atomic mass is 10.2. The Morgan fingerprint density at radius 3 is 2.71 bits per heavy atom. The molecule has 0 saturated carbocycles. The van der Waals surface area contributed by atoms with Gasteiger partial charge in [0.2, 0.25) is 0 Å². The first-order chi connectivity index (χ1) is 10.2. The molecule has 0 aliphatic carbocycles. The fourth-order valence-electron chi connectivity index (χ4n) is 1.76. The lowest BCUT2D eigenvalue weighted by Crippen LogP contribution is -2.19. The Labute approximate surface area is 125 Å². The topological polar surface area (TPSA) is 54.4 Å². The van der Waals surface area contributed by atoms with Crippen LogP contribution in [0, 0.1) is 0 Å². The summed E-state index contributed by atoms with van der Waals surface area (Å²) in [4.78, 5) is 4.18. The Morgan fingerprint density at radius 1 is 1.24 bits per heavy atom. The van der Waals surface area contributed by atoms with Gasteiger partial charge in [-0.25, -0.2) is 0 Å². The predicted octanol–water partition coefficient (Wildman–Crippen LogP) is 3.59. The maximum atomic E-state index is 9.25. The van der Waals surface area contributed by atoms with Crippen LogP contribution in [0.2, 0.25) is 0 Å². The van der Waals surface area contributed by atoms with E-state index in [4.69, 9.17) is 4.74 Å². The average molecular weight is 284 g/mol. The molecule has 0 bridgehead atoms. The summed E-state index contributed by atoms with van der Waals surface area (Å²) in [7, 11) is 1.95. The van der Waals surface area contributed by atoms with Gasteiger partial charge in [0.05, 0.1) is 6.20 Å². The summed E-state index contributed by atoms with van der Waals surface area (Å²) in [6.45, 7) is 2.13. The van der Waals surface area contributed by atoms with Gasteiger partial charge in [-0.3, -0.25) is 4.98 Å². The van der Waals surface area contributed by atoms with E-state index in [-0.39, 0.29) is 5.75 Å². The molecule has 0 amide bonds. The van der Waals surface area contributed by atoms with Gasteiger partial charge in [0.1, 0.15) is 17.2 Å². The minimum absolute atomic E-state index is 0.218. The van der Waals surface area contributed by atoms with Crippen LogP contribution < -0.4 is 10.1 Å². The highest BCUT2D eigenvalue weighted by Gasteiger charge is 1.99. The van der Waals surface area contributed by atoms with Gasteiger partial charge in [-0.1, -0.05) is 12.2 Å². The zero-order chi connectivity index (χ0) is 15.1. The average Bonchev–Trinajstić information content (AvgIpc) is 2.50. The van der Waals surface area contributed by atoms with E-state index in [1.165, 1.54) is 0 Å². The van der Waals surface area contributed by atoms with E-state index in [0.717, 1.165) is 12.0 Å². The SMILES string of the molecule is CNC(C)CC=Cc1cncc(Oc2ccc(O)cc2)c1. The molecule has 4 heteroatoms. The molecule has 1 heterocycles. The molecule has 2 rings (SSSR count). The molecule has 0 radical (unpaired) electrons. The third-order valence-electron chi connectivity index (χ3n) is 3.10. The van der Waals surface area contributed by atoms with Gasteiger partial charge in [0, 0.05) is 12.2 Å². The molecule has 4 nitrogen and oxygen atoms in total. The molecular weight excluding hydrogens is 264 g/mol. The number of pyridine rings is 1. The van der Waals surface area contributed by atoms with Crippen LogP contribution in [-0.2, 0) is 0 Å². The number of phenolic OH excluding ortho intramolecular Hbond substituents is 1. The number of rotatable bonds is 6. The van der Waals surface area contributed by atoms with E-state index in [1.807, 2.05) is 19.2 Å². The molecule has 21 heavy (non-hydrogen) atoms. The van der Waals surface area contributed by atoms with Crippen molar-refractivity contribution in [3.63, 3.8) is 0 Å². The fraction of sp³-hybridized carbons (Fsp3) is 0.235. The normalized spacial score (nSPS) is 12.5. The van der Waals surface area contributed by atoms with E-state index in [9.17, 15) is 5.11 Å².